The second-order valence-corrected chi connectivity index (χ2v) is 6.54. The van der Waals surface area contributed by atoms with Crippen LogP contribution < -0.4 is 4.90 Å². The van der Waals surface area contributed by atoms with Gasteiger partial charge in [-0.2, -0.15) is 0 Å². The number of aromatic amines is 1. The number of hydrogen-bond donors (Lipinski definition) is 1. The molecule has 3 rings (SSSR count). The maximum atomic E-state index is 6.13. The Bertz CT molecular complexity index is 747. The summed E-state index contributed by atoms with van der Waals surface area (Å²) >= 11 is 13.4. The van der Waals surface area contributed by atoms with Gasteiger partial charge in [0.05, 0.1) is 9.85 Å². The molecule has 0 aliphatic heterocycles. The molecule has 0 amide bonds. The van der Waals surface area contributed by atoms with E-state index in [9.17, 15) is 0 Å². The summed E-state index contributed by atoms with van der Waals surface area (Å²) in [6.45, 7) is 0. The quantitative estimate of drug-likeness (QED) is 0.776. The SMILES string of the molecule is CN(C)c1ccc2[nH]c(-c3cc(Cl)sc3Cl)nc2n1. The fourth-order valence-corrected chi connectivity index (χ4v) is 3.23. The van der Waals surface area contributed by atoms with Gasteiger partial charge in [0, 0.05) is 19.7 Å². The third-order valence-corrected chi connectivity index (χ3v) is 4.19. The van der Waals surface area contributed by atoms with Crippen molar-refractivity contribution in [2.45, 2.75) is 0 Å². The number of pyridine rings is 1. The van der Waals surface area contributed by atoms with Crippen molar-refractivity contribution >= 4 is 51.5 Å². The Morgan fingerprint density at radius 1 is 1.21 bits per heavy atom. The normalized spacial score (nSPS) is 11.2. The lowest BCUT2D eigenvalue weighted by Gasteiger charge is -2.09. The minimum atomic E-state index is 0.622. The monoisotopic (exact) mass is 312 g/mol. The molecule has 7 heteroatoms. The van der Waals surface area contributed by atoms with Gasteiger partial charge in [-0.15, -0.1) is 11.3 Å². The van der Waals surface area contributed by atoms with Crippen molar-refractivity contribution in [3.05, 3.63) is 26.9 Å². The summed E-state index contributed by atoms with van der Waals surface area (Å²) in [6, 6.07) is 5.70. The number of aromatic nitrogens is 3. The Morgan fingerprint density at radius 3 is 2.63 bits per heavy atom. The second-order valence-electron chi connectivity index (χ2n) is 4.26. The highest BCUT2D eigenvalue weighted by Gasteiger charge is 2.13. The molecule has 0 aromatic carbocycles. The first-order valence-corrected chi connectivity index (χ1v) is 7.11. The van der Waals surface area contributed by atoms with E-state index in [4.69, 9.17) is 23.2 Å². The molecule has 1 N–H and O–H groups in total. The standard InChI is InChI=1S/C12H10Cl2N4S/c1-18(2)9-4-3-7-12(16-9)17-11(15-7)6-5-8(13)19-10(6)14/h3-5H,1-2H3,(H,15,16,17). The summed E-state index contributed by atoms with van der Waals surface area (Å²) in [5.41, 5.74) is 2.35. The van der Waals surface area contributed by atoms with Crippen LogP contribution in [0.2, 0.25) is 8.67 Å². The van der Waals surface area contributed by atoms with Gasteiger partial charge in [-0.25, -0.2) is 9.97 Å². The lowest BCUT2D eigenvalue weighted by Crippen LogP contribution is -2.10. The van der Waals surface area contributed by atoms with E-state index in [1.54, 1.807) is 6.07 Å². The number of nitrogens with one attached hydrogen (secondary N) is 1. The van der Waals surface area contributed by atoms with Gasteiger partial charge in [0.25, 0.3) is 0 Å². The lowest BCUT2D eigenvalue weighted by molar-refractivity contribution is 1.08. The van der Waals surface area contributed by atoms with Crippen molar-refractivity contribution in [2.75, 3.05) is 19.0 Å². The van der Waals surface area contributed by atoms with Crippen LogP contribution in [0.15, 0.2) is 18.2 Å². The zero-order valence-corrected chi connectivity index (χ0v) is 12.6. The summed E-state index contributed by atoms with van der Waals surface area (Å²) in [6.07, 6.45) is 0. The molecule has 0 bridgehead atoms. The number of nitrogens with zero attached hydrogens (tertiary/aromatic N) is 3. The van der Waals surface area contributed by atoms with Crippen LogP contribution in [0.4, 0.5) is 5.82 Å². The maximum Gasteiger partial charge on any atom is 0.180 e. The zero-order chi connectivity index (χ0) is 13.6. The second kappa shape index (κ2) is 4.67. The van der Waals surface area contributed by atoms with Crippen LogP contribution >= 0.6 is 34.5 Å². The van der Waals surface area contributed by atoms with Crippen LogP contribution in [0.25, 0.3) is 22.6 Å². The van der Waals surface area contributed by atoms with Crippen molar-refractivity contribution in [3.8, 4) is 11.4 Å². The molecule has 0 spiro atoms. The van der Waals surface area contributed by atoms with E-state index in [1.165, 1.54) is 11.3 Å². The molecule has 0 unspecified atom stereocenters. The number of fused-ring (bicyclic) bond motifs is 1. The molecule has 0 aliphatic rings. The lowest BCUT2D eigenvalue weighted by atomic mass is 10.3. The molecular formula is C12H10Cl2N4S. The minimum Gasteiger partial charge on any atom is -0.363 e. The van der Waals surface area contributed by atoms with Crippen LogP contribution in [0, 0.1) is 0 Å². The van der Waals surface area contributed by atoms with E-state index in [1.807, 2.05) is 31.1 Å². The highest BCUT2D eigenvalue weighted by Crippen LogP contribution is 2.37. The molecule has 19 heavy (non-hydrogen) atoms. The third kappa shape index (κ3) is 2.29. The highest BCUT2D eigenvalue weighted by atomic mass is 35.5. The fourth-order valence-electron chi connectivity index (χ4n) is 1.76. The number of hydrogen-bond acceptors (Lipinski definition) is 4. The van der Waals surface area contributed by atoms with Gasteiger partial charge in [0.2, 0.25) is 0 Å². The molecule has 3 heterocycles. The van der Waals surface area contributed by atoms with Crippen LogP contribution in [0.5, 0.6) is 0 Å². The van der Waals surface area contributed by atoms with Crippen molar-refractivity contribution in [1.82, 2.24) is 15.0 Å². The van der Waals surface area contributed by atoms with Crippen molar-refractivity contribution < 1.29 is 0 Å². The van der Waals surface area contributed by atoms with Gasteiger partial charge >= 0.3 is 0 Å². The Labute approximate surface area is 124 Å². The molecule has 0 saturated carbocycles. The minimum absolute atomic E-state index is 0.622. The molecule has 0 saturated heterocycles. The molecule has 0 fully saturated rings. The molecule has 3 aromatic rings. The number of halogens is 2. The van der Waals surface area contributed by atoms with Crippen LogP contribution in [0.1, 0.15) is 0 Å². The van der Waals surface area contributed by atoms with E-state index in [-0.39, 0.29) is 0 Å². The number of imidazole rings is 1. The Kier molecular flexibility index (Phi) is 3.12. The third-order valence-electron chi connectivity index (χ3n) is 2.70. The average molecular weight is 313 g/mol. The maximum absolute atomic E-state index is 6.13. The van der Waals surface area contributed by atoms with E-state index >= 15 is 0 Å². The predicted octanol–water partition coefficient (Wildman–Crippen LogP) is 4.06. The first kappa shape index (κ1) is 12.7. The fraction of sp³-hybridized carbons (Fsp3) is 0.167. The molecule has 0 radical (unpaired) electrons. The highest BCUT2D eigenvalue weighted by molar-refractivity contribution is 7.20. The number of H-pyrrole nitrogens is 1. The van der Waals surface area contributed by atoms with Crippen molar-refractivity contribution in [2.24, 2.45) is 0 Å². The first-order valence-electron chi connectivity index (χ1n) is 5.54. The summed E-state index contributed by atoms with van der Waals surface area (Å²) in [7, 11) is 3.88. The molecule has 0 atom stereocenters. The van der Waals surface area contributed by atoms with E-state index in [0.717, 1.165) is 16.9 Å². The summed E-state index contributed by atoms with van der Waals surface area (Å²) in [5.74, 6) is 1.55. The van der Waals surface area contributed by atoms with Gasteiger partial charge in [-0.3, -0.25) is 0 Å². The van der Waals surface area contributed by atoms with Gasteiger partial charge in [-0.1, -0.05) is 23.2 Å². The number of rotatable bonds is 2. The Hall–Kier alpha value is -1.30. The smallest absolute Gasteiger partial charge is 0.180 e. The number of anilines is 1. The molecule has 98 valence electrons. The topological polar surface area (TPSA) is 44.8 Å². The molecule has 0 aliphatic carbocycles. The zero-order valence-electron chi connectivity index (χ0n) is 10.2. The van der Waals surface area contributed by atoms with Gasteiger partial charge in [-0.05, 0) is 18.2 Å². The van der Waals surface area contributed by atoms with E-state index in [0.29, 0.717) is 20.1 Å². The van der Waals surface area contributed by atoms with E-state index in [2.05, 4.69) is 15.0 Å². The average Bonchev–Trinajstić information content (AvgIpc) is 2.90. The van der Waals surface area contributed by atoms with Gasteiger partial charge in [0.15, 0.2) is 5.65 Å². The summed E-state index contributed by atoms with van der Waals surface area (Å²) in [4.78, 5) is 14.1. The number of thiophene rings is 1. The Balaban J connectivity index is 2.14. The van der Waals surface area contributed by atoms with Gasteiger partial charge < -0.3 is 9.88 Å². The van der Waals surface area contributed by atoms with Crippen LogP contribution in [-0.2, 0) is 0 Å². The molecule has 4 nitrogen and oxygen atoms in total. The first-order chi connectivity index (χ1) is 9.04. The van der Waals surface area contributed by atoms with Gasteiger partial charge in [0.1, 0.15) is 16.0 Å². The predicted molar refractivity (Wildman–Crippen MR) is 81.5 cm³/mol. The molecule has 3 aromatic heterocycles. The van der Waals surface area contributed by atoms with Crippen molar-refractivity contribution in [3.63, 3.8) is 0 Å². The van der Waals surface area contributed by atoms with Crippen molar-refractivity contribution in [1.29, 1.82) is 0 Å². The molecular weight excluding hydrogens is 303 g/mol. The summed E-state index contributed by atoms with van der Waals surface area (Å²) < 4.78 is 1.26. The largest absolute Gasteiger partial charge is 0.363 e. The van der Waals surface area contributed by atoms with Crippen LogP contribution in [-0.4, -0.2) is 29.0 Å². The Morgan fingerprint density at radius 2 is 2.00 bits per heavy atom. The summed E-state index contributed by atoms with van der Waals surface area (Å²) in [5, 5.41) is 0. The van der Waals surface area contributed by atoms with Crippen LogP contribution in [0.3, 0.4) is 0 Å². The van der Waals surface area contributed by atoms with E-state index < -0.39 is 0 Å².